The van der Waals surface area contributed by atoms with Gasteiger partial charge in [0, 0.05) is 19.1 Å². The van der Waals surface area contributed by atoms with Crippen molar-refractivity contribution in [3.63, 3.8) is 0 Å². The molecule has 0 N–H and O–H groups in total. The van der Waals surface area contributed by atoms with Crippen LogP contribution in [-0.2, 0) is 14.3 Å². The van der Waals surface area contributed by atoms with E-state index >= 15 is 0 Å². The van der Waals surface area contributed by atoms with Crippen molar-refractivity contribution in [2.24, 2.45) is 5.92 Å². The van der Waals surface area contributed by atoms with E-state index in [1.165, 1.54) is 0 Å². The van der Waals surface area contributed by atoms with E-state index in [0.29, 0.717) is 19.6 Å². The van der Waals surface area contributed by atoms with E-state index in [4.69, 9.17) is 9.47 Å². The molecule has 0 amide bonds. The molecule has 14 heavy (non-hydrogen) atoms. The van der Waals surface area contributed by atoms with Crippen molar-refractivity contribution >= 4 is 5.78 Å². The van der Waals surface area contributed by atoms with Crippen LogP contribution in [0.1, 0.15) is 40.5 Å². The maximum atomic E-state index is 11.6. The molecule has 0 spiro atoms. The zero-order chi connectivity index (χ0) is 11.0. The molecule has 0 radical (unpaired) electrons. The second-order valence-electron chi connectivity index (χ2n) is 3.32. The monoisotopic (exact) mass is 202 g/mol. The van der Waals surface area contributed by atoms with Gasteiger partial charge in [0.15, 0.2) is 6.29 Å². The van der Waals surface area contributed by atoms with E-state index in [1.807, 2.05) is 27.7 Å². The van der Waals surface area contributed by atoms with Gasteiger partial charge in [-0.1, -0.05) is 13.8 Å². The molecule has 0 rings (SSSR count). The highest BCUT2D eigenvalue weighted by Gasteiger charge is 2.17. The van der Waals surface area contributed by atoms with E-state index in [2.05, 4.69) is 0 Å². The number of carbonyl (C=O) groups excluding carboxylic acids is 1. The summed E-state index contributed by atoms with van der Waals surface area (Å²) in [6.07, 6.45) is 0.895. The van der Waals surface area contributed by atoms with Crippen LogP contribution < -0.4 is 0 Å². The molecule has 0 saturated carbocycles. The van der Waals surface area contributed by atoms with Crippen molar-refractivity contribution in [2.45, 2.75) is 46.8 Å². The second kappa shape index (κ2) is 7.94. The Bertz CT molecular complexity index is 151. The number of ketones is 1. The third kappa shape index (κ3) is 5.35. The Morgan fingerprint density at radius 1 is 1.14 bits per heavy atom. The molecule has 1 unspecified atom stereocenters. The SMILES string of the molecule is CCOC(CC(=O)C(C)CC)OCC. The molecule has 1 atom stereocenters. The van der Waals surface area contributed by atoms with Crippen LogP contribution in [0.3, 0.4) is 0 Å². The molecule has 0 aromatic heterocycles. The van der Waals surface area contributed by atoms with Crippen LogP contribution in [0.5, 0.6) is 0 Å². The van der Waals surface area contributed by atoms with Crippen LogP contribution in [0.2, 0.25) is 0 Å². The quantitative estimate of drug-likeness (QED) is 0.567. The summed E-state index contributed by atoms with van der Waals surface area (Å²) in [5.41, 5.74) is 0. The van der Waals surface area contributed by atoms with Crippen molar-refractivity contribution in [2.75, 3.05) is 13.2 Å². The molecule has 0 bridgehead atoms. The fourth-order valence-electron chi connectivity index (χ4n) is 1.13. The summed E-state index contributed by atoms with van der Waals surface area (Å²) in [5, 5.41) is 0. The molecule has 0 heterocycles. The van der Waals surface area contributed by atoms with Crippen LogP contribution in [-0.4, -0.2) is 25.3 Å². The zero-order valence-electron chi connectivity index (χ0n) is 9.71. The normalized spacial score (nSPS) is 13.2. The van der Waals surface area contributed by atoms with Gasteiger partial charge >= 0.3 is 0 Å². The first-order valence-corrected chi connectivity index (χ1v) is 5.41. The largest absolute Gasteiger partial charge is 0.352 e. The first-order valence-electron chi connectivity index (χ1n) is 5.41. The van der Waals surface area contributed by atoms with Gasteiger partial charge in [-0.25, -0.2) is 0 Å². The van der Waals surface area contributed by atoms with Gasteiger partial charge in [-0.05, 0) is 20.3 Å². The molecular formula is C11H22O3. The number of rotatable bonds is 8. The molecule has 0 fully saturated rings. The number of hydrogen-bond donors (Lipinski definition) is 0. The van der Waals surface area contributed by atoms with E-state index < -0.39 is 0 Å². The lowest BCUT2D eigenvalue weighted by Gasteiger charge is -2.17. The third-order valence-electron chi connectivity index (χ3n) is 2.23. The topological polar surface area (TPSA) is 35.5 Å². The molecule has 0 aromatic carbocycles. The predicted octanol–water partition coefficient (Wildman–Crippen LogP) is 2.39. The van der Waals surface area contributed by atoms with Gasteiger partial charge in [0.1, 0.15) is 5.78 Å². The van der Waals surface area contributed by atoms with Gasteiger partial charge < -0.3 is 9.47 Å². The number of carbonyl (C=O) groups is 1. The highest BCUT2D eigenvalue weighted by molar-refractivity contribution is 5.80. The van der Waals surface area contributed by atoms with Crippen LogP contribution in [0.15, 0.2) is 0 Å². The molecule has 0 aliphatic carbocycles. The summed E-state index contributed by atoms with van der Waals surface area (Å²) in [5.74, 6) is 0.331. The van der Waals surface area contributed by atoms with Crippen molar-refractivity contribution in [1.82, 2.24) is 0 Å². The summed E-state index contributed by atoms with van der Waals surface area (Å²) in [6.45, 7) is 8.92. The van der Waals surface area contributed by atoms with E-state index in [0.717, 1.165) is 6.42 Å². The Morgan fingerprint density at radius 2 is 1.64 bits per heavy atom. The minimum atomic E-state index is -0.355. The Balaban J connectivity index is 3.94. The lowest BCUT2D eigenvalue weighted by molar-refractivity contribution is -0.154. The molecule has 84 valence electrons. The maximum Gasteiger partial charge on any atom is 0.164 e. The minimum Gasteiger partial charge on any atom is -0.352 e. The van der Waals surface area contributed by atoms with Gasteiger partial charge in [-0.15, -0.1) is 0 Å². The Labute approximate surface area is 86.8 Å². The summed E-state index contributed by atoms with van der Waals surface area (Å²) >= 11 is 0. The van der Waals surface area contributed by atoms with Gasteiger partial charge in [-0.2, -0.15) is 0 Å². The lowest BCUT2D eigenvalue weighted by atomic mass is 10.0. The first-order chi connectivity index (χ1) is 6.65. The summed E-state index contributed by atoms with van der Waals surface area (Å²) < 4.78 is 10.6. The van der Waals surface area contributed by atoms with Gasteiger partial charge in [-0.3, -0.25) is 4.79 Å². The highest BCUT2D eigenvalue weighted by Crippen LogP contribution is 2.10. The Morgan fingerprint density at radius 3 is 2.00 bits per heavy atom. The van der Waals surface area contributed by atoms with Crippen molar-refractivity contribution in [3.8, 4) is 0 Å². The zero-order valence-corrected chi connectivity index (χ0v) is 9.71. The minimum absolute atomic E-state index is 0.110. The van der Waals surface area contributed by atoms with Gasteiger partial charge in [0.25, 0.3) is 0 Å². The van der Waals surface area contributed by atoms with Crippen molar-refractivity contribution < 1.29 is 14.3 Å². The van der Waals surface area contributed by atoms with Crippen molar-refractivity contribution in [1.29, 1.82) is 0 Å². The van der Waals surface area contributed by atoms with Crippen molar-refractivity contribution in [3.05, 3.63) is 0 Å². The summed E-state index contributed by atoms with van der Waals surface area (Å²) in [4.78, 5) is 11.6. The smallest absolute Gasteiger partial charge is 0.164 e. The Hall–Kier alpha value is -0.410. The number of ether oxygens (including phenoxy) is 2. The fraction of sp³-hybridized carbons (Fsp3) is 0.909. The van der Waals surface area contributed by atoms with E-state index in [9.17, 15) is 4.79 Å². The molecule has 3 nitrogen and oxygen atoms in total. The second-order valence-corrected chi connectivity index (χ2v) is 3.32. The predicted molar refractivity (Wildman–Crippen MR) is 56.1 cm³/mol. The molecule has 0 aliphatic heterocycles. The third-order valence-corrected chi connectivity index (χ3v) is 2.23. The first kappa shape index (κ1) is 13.6. The standard InChI is InChI=1S/C11H22O3/c1-5-9(4)10(12)8-11(13-6-2)14-7-3/h9,11H,5-8H2,1-4H3. The number of hydrogen-bond acceptors (Lipinski definition) is 3. The molecule has 3 heteroatoms. The van der Waals surface area contributed by atoms with Crippen LogP contribution in [0.25, 0.3) is 0 Å². The average molecular weight is 202 g/mol. The molecule has 0 aliphatic rings. The molecular weight excluding hydrogens is 180 g/mol. The Kier molecular flexibility index (Phi) is 7.71. The summed E-state index contributed by atoms with van der Waals surface area (Å²) in [6, 6.07) is 0. The molecule has 0 saturated heterocycles. The average Bonchev–Trinajstić information content (AvgIpc) is 2.17. The van der Waals surface area contributed by atoms with E-state index in [-0.39, 0.29) is 18.0 Å². The van der Waals surface area contributed by atoms with Gasteiger partial charge in [0.2, 0.25) is 0 Å². The number of Topliss-reactive ketones (excluding diaryl/α,β-unsaturated/α-hetero) is 1. The highest BCUT2D eigenvalue weighted by atomic mass is 16.7. The van der Waals surface area contributed by atoms with Crippen LogP contribution >= 0.6 is 0 Å². The van der Waals surface area contributed by atoms with Crippen LogP contribution in [0, 0.1) is 5.92 Å². The van der Waals surface area contributed by atoms with Crippen LogP contribution in [0.4, 0.5) is 0 Å². The summed E-state index contributed by atoms with van der Waals surface area (Å²) in [7, 11) is 0. The molecule has 0 aromatic rings. The lowest BCUT2D eigenvalue weighted by Crippen LogP contribution is -2.24. The fourth-order valence-corrected chi connectivity index (χ4v) is 1.13. The maximum absolute atomic E-state index is 11.6. The van der Waals surface area contributed by atoms with E-state index in [1.54, 1.807) is 0 Å². The van der Waals surface area contributed by atoms with Gasteiger partial charge in [0.05, 0.1) is 6.42 Å².